The van der Waals surface area contributed by atoms with Gasteiger partial charge in [-0.2, -0.15) is 0 Å². The molecule has 0 aromatic heterocycles. The van der Waals surface area contributed by atoms with Gasteiger partial charge in [0.15, 0.2) is 11.6 Å². The highest BCUT2D eigenvalue weighted by Gasteiger charge is 2.19. The predicted molar refractivity (Wildman–Crippen MR) is 83.4 cm³/mol. The minimum absolute atomic E-state index is 0.210. The van der Waals surface area contributed by atoms with Gasteiger partial charge in [0.05, 0.1) is 19.4 Å². The molecule has 0 fully saturated rings. The Morgan fingerprint density at radius 2 is 2.05 bits per heavy atom. The Balaban J connectivity index is 2.19. The van der Waals surface area contributed by atoms with Crippen LogP contribution in [0.15, 0.2) is 41.4 Å². The molecule has 1 aliphatic rings. The number of benzodiazepines with no additional fused rings is 1. The third-order valence-electron chi connectivity index (χ3n) is 3.37. The zero-order valence-corrected chi connectivity index (χ0v) is 12.2. The van der Waals surface area contributed by atoms with Crippen molar-refractivity contribution in [1.82, 2.24) is 0 Å². The number of ether oxygens (including phenoxy) is 1. The van der Waals surface area contributed by atoms with Crippen LogP contribution in [-0.2, 0) is 0 Å². The van der Waals surface area contributed by atoms with E-state index < -0.39 is 5.82 Å². The van der Waals surface area contributed by atoms with Gasteiger partial charge in [-0.15, -0.1) is 0 Å². The molecule has 21 heavy (non-hydrogen) atoms. The summed E-state index contributed by atoms with van der Waals surface area (Å²) in [6, 6.07) is 10.5. The van der Waals surface area contributed by atoms with Crippen molar-refractivity contribution in [3.8, 4) is 5.75 Å². The Kier molecular flexibility index (Phi) is 3.80. The predicted octanol–water partition coefficient (Wildman–Crippen LogP) is 3.75. The van der Waals surface area contributed by atoms with Crippen LogP contribution in [-0.4, -0.2) is 25.9 Å². The maximum absolute atomic E-state index is 14.1. The van der Waals surface area contributed by atoms with E-state index in [0.717, 1.165) is 11.3 Å². The summed E-state index contributed by atoms with van der Waals surface area (Å²) < 4.78 is 19.1. The summed E-state index contributed by atoms with van der Waals surface area (Å²) in [7, 11) is 1.45. The third kappa shape index (κ3) is 2.59. The summed E-state index contributed by atoms with van der Waals surface area (Å²) in [5, 5.41) is 3.84. The molecule has 2 aromatic rings. The number of anilines is 1. The number of fused-ring (bicyclic) bond motifs is 1. The first kappa shape index (κ1) is 13.9. The zero-order chi connectivity index (χ0) is 14.8. The molecule has 1 aliphatic heterocycles. The molecule has 0 amide bonds. The SMILES string of the molecule is COc1cc2c(cc1F)C(c1ccccc1Cl)=NCCN2. The first-order valence-corrected chi connectivity index (χ1v) is 6.99. The minimum Gasteiger partial charge on any atom is -0.494 e. The first-order chi connectivity index (χ1) is 10.2. The lowest BCUT2D eigenvalue weighted by Crippen LogP contribution is -2.07. The van der Waals surface area contributed by atoms with Crippen LogP contribution in [0.4, 0.5) is 10.1 Å². The van der Waals surface area contributed by atoms with Gasteiger partial charge in [-0.3, -0.25) is 4.99 Å². The quantitative estimate of drug-likeness (QED) is 0.916. The van der Waals surface area contributed by atoms with Gasteiger partial charge in [-0.1, -0.05) is 29.8 Å². The number of methoxy groups -OCH3 is 1. The van der Waals surface area contributed by atoms with Crippen LogP contribution in [0, 0.1) is 5.82 Å². The smallest absolute Gasteiger partial charge is 0.165 e. The standard InChI is InChI=1S/C16H14ClFN2O/c1-21-15-9-14-11(8-13(15)18)16(20-7-6-19-14)10-4-2-3-5-12(10)17/h2-5,8-9,19H,6-7H2,1H3. The van der Waals surface area contributed by atoms with E-state index in [9.17, 15) is 4.39 Å². The van der Waals surface area contributed by atoms with Gasteiger partial charge in [-0.25, -0.2) is 4.39 Å². The second kappa shape index (κ2) is 5.74. The highest BCUT2D eigenvalue weighted by Crippen LogP contribution is 2.31. The lowest BCUT2D eigenvalue weighted by Gasteiger charge is -2.13. The van der Waals surface area contributed by atoms with Crippen molar-refractivity contribution in [2.75, 3.05) is 25.5 Å². The van der Waals surface area contributed by atoms with E-state index in [1.165, 1.54) is 13.2 Å². The molecular formula is C16H14ClFN2O. The molecule has 0 aliphatic carbocycles. The molecule has 5 heteroatoms. The molecule has 0 atom stereocenters. The summed E-state index contributed by atoms with van der Waals surface area (Å²) in [4.78, 5) is 4.55. The monoisotopic (exact) mass is 304 g/mol. The van der Waals surface area contributed by atoms with E-state index in [1.54, 1.807) is 12.1 Å². The summed E-state index contributed by atoms with van der Waals surface area (Å²) in [5.74, 6) is -0.207. The topological polar surface area (TPSA) is 33.6 Å². The Hall–Kier alpha value is -2.07. The first-order valence-electron chi connectivity index (χ1n) is 6.62. The maximum Gasteiger partial charge on any atom is 0.165 e. The lowest BCUT2D eigenvalue weighted by atomic mass is 10.00. The number of nitrogens with one attached hydrogen (secondary N) is 1. The van der Waals surface area contributed by atoms with Crippen molar-refractivity contribution in [2.45, 2.75) is 0 Å². The van der Waals surface area contributed by atoms with Crippen molar-refractivity contribution in [3.63, 3.8) is 0 Å². The van der Waals surface area contributed by atoms with Gasteiger partial charge in [0, 0.05) is 34.4 Å². The van der Waals surface area contributed by atoms with E-state index in [2.05, 4.69) is 10.3 Å². The summed E-state index contributed by atoms with van der Waals surface area (Å²) >= 11 is 6.26. The van der Waals surface area contributed by atoms with Crippen LogP contribution in [0.3, 0.4) is 0 Å². The molecule has 3 nitrogen and oxygen atoms in total. The van der Waals surface area contributed by atoms with Gasteiger partial charge in [0.1, 0.15) is 0 Å². The average Bonchev–Trinajstić information content (AvgIpc) is 2.69. The highest BCUT2D eigenvalue weighted by atomic mass is 35.5. The Morgan fingerprint density at radius 1 is 1.24 bits per heavy atom. The molecule has 0 bridgehead atoms. The van der Waals surface area contributed by atoms with Crippen molar-refractivity contribution in [3.05, 3.63) is 58.4 Å². The number of hydrogen-bond acceptors (Lipinski definition) is 3. The van der Waals surface area contributed by atoms with Gasteiger partial charge in [0.25, 0.3) is 0 Å². The van der Waals surface area contributed by atoms with Crippen LogP contribution < -0.4 is 10.1 Å². The minimum atomic E-state index is -0.417. The number of rotatable bonds is 2. The third-order valence-corrected chi connectivity index (χ3v) is 3.70. The van der Waals surface area contributed by atoms with E-state index in [1.807, 2.05) is 18.2 Å². The zero-order valence-electron chi connectivity index (χ0n) is 11.5. The molecule has 108 valence electrons. The molecule has 1 heterocycles. The van der Waals surface area contributed by atoms with E-state index in [4.69, 9.17) is 16.3 Å². The largest absolute Gasteiger partial charge is 0.494 e. The summed E-state index contributed by atoms with van der Waals surface area (Å²) in [6.07, 6.45) is 0. The highest BCUT2D eigenvalue weighted by molar-refractivity contribution is 6.35. The molecule has 0 radical (unpaired) electrons. The maximum atomic E-state index is 14.1. The molecule has 0 saturated carbocycles. The number of halogens is 2. The number of nitrogens with zero attached hydrogens (tertiary/aromatic N) is 1. The van der Waals surface area contributed by atoms with Gasteiger partial charge < -0.3 is 10.1 Å². The van der Waals surface area contributed by atoms with Crippen LogP contribution in [0.25, 0.3) is 0 Å². The Bertz CT molecular complexity index is 715. The van der Waals surface area contributed by atoms with Gasteiger partial charge in [-0.05, 0) is 12.1 Å². The van der Waals surface area contributed by atoms with Crippen LogP contribution in [0.1, 0.15) is 11.1 Å². The van der Waals surface area contributed by atoms with Crippen molar-refractivity contribution in [2.24, 2.45) is 4.99 Å². The Labute approximate surface area is 127 Å². The van der Waals surface area contributed by atoms with E-state index in [-0.39, 0.29) is 5.75 Å². The van der Waals surface area contributed by atoms with E-state index in [0.29, 0.717) is 29.4 Å². The number of hydrogen-bond donors (Lipinski definition) is 1. The second-order valence-electron chi connectivity index (χ2n) is 4.67. The summed E-state index contributed by atoms with van der Waals surface area (Å²) in [6.45, 7) is 1.27. The molecule has 2 aromatic carbocycles. The van der Waals surface area contributed by atoms with Crippen molar-refractivity contribution in [1.29, 1.82) is 0 Å². The fraction of sp³-hybridized carbons (Fsp3) is 0.188. The molecular weight excluding hydrogens is 291 g/mol. The van der Waals surface area contributed by atoms with Crippen molar-refractivity contribution < 1.29 is 9.13 Å². The lowest BCUT2D eigenvalue weighted by molar-refractivity contribution is 0.387. The van der Waals surface area contributed by atoms with E-state index >= 15 is 0 Å². The van der Waals surface area contributed by atoms with Crippen LogP contribution in [0.2, 0.25) is 5.02 Å². The van der Waals surface area contributed by atoms with Gasteiger partial charge in [0.2, 0.25) is 0 Å². The molecule has 3 rings (SSSR count). The fourth-order valence-corrected chi connectivity index (χ4v) is 2.60. The molecule has 0 saturated heterocycles. The number of aliphatic imine (C=N–C) groups is 1. The molecule has 0 unspecified atom stereocenters. The normalized spacial score (nSPS) is 13.8. The second-order valence-corrected chi connectivity index (χ2v) is 5.08. The van der Waals surface area contributed by atoms with Gasteiger partial charge >= 0.3 is 0 Å². The average molecular weight is 305 g/mol. The van der Waals surface area contributed by atoms with Crippen LogP contribution in [0.5, 0.6) is 5.75 Å². The Morgan fingerprint density at radius 3 is 2.81 bits per heavy atom. The summed E-state index contributed by atoms with van der Waals surface area (Å²) in [5.41, 5.74) is 2.99. The van der Waals surface area contributed by atoms with Crippen molar-refractivity contribution >= 4 is 23.0 Å². The molecule has 1 N–H and O–H groups in total. The number of benzene rings is 2. The molecule has 0 spiro atoms. The van der Waals surface area contributed by atoms with Crippen LogP contribution >= 0.6 is 11.6 Å². The fourth-order valence-electron chi connectivity index (χ4n) is 2.38.